The SMILES string of the molecule is CCNC(=NCc1cccc(OC)c1OC1CCCC1)NCC1CCCN(C(C)C)C1.I. The summed E-state index contributed by atoms with van der Waals surface area (Å²) >= 11 is 0. The highest BCUT2D eigenvalue weighted by atomic mass is 127. The Balaban J connectivity index is 0.00000363. The molecule has 1 heterocycles. The van der Waals surface area contributed by atoms with E-state index in [4.69, 9.17) is 14.5 Å². The molecule has 1 aromatic rings. The van der Waals surface area contributed by atoms with Crippen molar-refractivity contribution in [3.8, 4) is 11.5 Å². The van der Waals surface area contributed by atoms with Crippen LogP contribution in [0.5, 0.6) is 11.5 Å². The molecular formula is C25H43IN4O2. The van der Waals surface area contributed by atoms with Crippen LogP contribution in [-0.4, -0.2) is 56.3 Å². The van der Waals surface area contributed by atoms with Crippen LogP contribution in [0.2, 0.25) is 0 Å². The molecule has 1 unspecified atom stereocenters. The van der Waals surface area contributed by atoms with Gasteiger partial charge in [-0.15, -0.1) is 24.0 Å². The molecular weight excluding hydrogens is 515 g/mol. The topological polar surface area (TPSA) is 58.1 Å². The molecule has 0 spiro atoms. The lowest BCUT2D eigenvalue weighted by Crippen LogP contribution is -2.46. The minimum Gasteiger partial charge on any atom is -0.493 e. The fourth-order valence-corrected chi connectivity index (χ4v) is 4.63. The second kappa shape index (κ2) is 14.1. The highest BCUT2D eigenvalue weighted by molar-refractivity contribution is 14.0. The van der Waals surface area contributed by atoms with Gasteiger partial charge in [0, 0.05) is 31.2 Å². The standard InChI is InChI=1S/C25H42N4O2.HI/c1-5-26-25(27-16-20-10-9-15-29(18-20)19(2)3)28-17-21-11-8-14-23(30-4)24(21)31-22-12-6-7-13-22;/h8,11,14,19-20,22H,5-7,9-10,12-13,15-18H2,1-4H3,(H2,26,27,28);1H. The molecule has 0 radical (unpaired) electrons. The molecule has 2 aliphatic rings. The number of guanidine groups is 1. The zero-order chi connectivity index (χ0) is 22.1. The monoisotopic (exact) mass is 558 g/mol. The molecule has 2 N–H and O–H groups in total. The first-order valence-corrected chi connectivity index (χ1v) is 12.2. The van der Waals surface area contributed by atoms with E-state index >= 15 is 0 Å². The average Bonchev–Trinajstić information content (AvgIpc) is 3.29. The normalized spacial score (nSPS) is 20.2. The van der Waals surface area contributed by atoms with E-state index < -0.39 is 0 Å². The molecule has 1 saturated carbocycles. The predicted molar refractivity (Wildman–Crippen MR) is 144 cm³/mol. The van der Waals surface area contributed by atoms with Gasteiger partial charge in [-0.1, -0.05) is 12.1 Å². The Morgan fingerprint density at radius 1 is 1.16 bits per heavy atom. The molecule has 32 heavy (non-hydrogen) atoms. The number of aliphatic imine (C=N–C) groups is 1. The second-order valence-corrected chi connectivity index (χ2v) is 9.15. The van der Waals surface area contributed by atoms with Crippen LogP contribution < -0.4 is 20.1 Å². The summed E-state index contributed by atoms with van der Waals surface area (Å²) in [6, 6.07) is 6.72. The molecule has 182 valence electrons. The Kier molecular flexibility index (Phi) is 11.9. The molecule has 7 heteroatoms. The molecule has 0 aromatic heterocycles. The second-order valence-electron chi connectivity index (χ2n) is 9.15. The van der Waals surface area contributed by atoms with Crippen molar-refractivity contribution in [1.82, 2.24) is 15.5 Å². The number of nitrogens with zero attached hydrogens (tertiary/aromatic N) is 2. The Morgan fingerprint density at radius 3 is 2.62 bits per heavy atom. The van der Waals surface area contributed by atoms with Crippen LogP contribution in [0.1, 0.15) is 64.9 Å². The van der Waals surface area contributed by atoms with Gasteiger partial charge in [0.25, 0.3) is 0 Å². The molecule has 1 aromatic carbocycles. The van der Waals surface area contributed by atoms with Crippen molar-refractivity contribution in [1.29, 1.82) is 0 Å². The number of ether oxygens (including phenoxy) is 2. The van der Waals surface area contributed by atoms with E-state index in [2.05, 4.69) is 42.4 Å². The number of hydrogen-bond donors (Lipinski definition) is 2. The minimum atomic E-state index is 0. The van der Waals surface area contributed by atoms with E-state index in [1.54, 1.807) is 7.11 Å². The van der Waals surface area contributed by atoms with Crippen molar-refractivity contribution >= 4 is 29.9 Å². The van der Waals surface area contributed by atoms with E-state index in [9.17, 15) is 0 Å². The summed E-state index contributed by atoms with van der Waals surface area (Å²) in [7, 11) is 1.71. The molecule has 1 aliphatic heterocycles. The maximum absolute atomic E-state index is 6.37. The number of para-hydroxylation sites is 1. The van der Waals surface area contributed by atoms with Gasteiger partial charge in [-0.2, -0.15) is 0 Å². The zero-order valence-corrected chi connectivity index (χ0v) is 22.7. The van der Waals surface area contributed by atoms with Gasteiger partial charge in [0.2, 0.25) is 0 Å². The van der Waals surface area contributed by atoms with E-state index in [-0.39, 0.29) is 24.0 Å². The zero-order valence-electron chi connectivity index (χ0n) is 20.4. The van der Waals surface area contributed by atoms with Crippen molar-refractivity contribution in [2.24, 2.45) is 10.9 Å². The van der Waals surface area contributed by atoms with Crippen LogP contribution in [0, 0.1) is 5.92 Å². The van der Waals surface area contributed by atoms with Gasteiger partial charge < -0.3 is 25.0 Å². The third kappa shape index (κ3) is 7.97. The largest absolute Gasteiger partial charge is 0.493 e. The Morgan fingerprint density at radius 2 is 1.94 bits per heavy atom. The van der Waals surface area contributed by atoms with Gasteiger partial charge >= 0.3 is 0 Å². The highest BCUT2D eigenvalue weighted by Gasteiger charge is 2.22. The van der Waals surface area contributed by atoms with Crippen LogP contribution in [0.15, 0.2) is 23.2 Å². The quantitative estimate of drug-likeness (QED) is 0.259. The lowest BCUT2D eigenvalue weighted by atomic mass is 9.97. The Bertz CT molecular complexity index is 707. The number of piperidine rings is 1. The van der Waals surface area contributed by atoms with Crippen molar-refractivity contribution in [2.75, 3.05) is 33.3 Å². The summed E-state index contributed by atoms with van der Waals surface area (Å²) in [5.41, 5.74) is 1.08. The Hall–Kier alpha value is -1.22. The molecule has 2 fully saturated rings. The lowest BCUT2D eigenvalue weighted by Gasteiger charge is -2.35. The van der Waals surface area contributed by atoms with Crippen LogP contribution in [0.4, 0.5) is 0 Å². The number of methoxy groups -OCH3 is 1. The van der Waals surface area contributed by atoms with Crippen molar-refractivity contribution < 1.29 is 9.47 Å². The van der Waals surface area contributed by atoms with Gasteiger partial charge in [0.05, 0.1) is 19.8 Å². The summed E-state index contributed by atoms with van der Waals surface area (Å²) in [6.07, 6.45) is 7.60. The van der Waals surface area contributed by atoms with Gasteiger partial charge in [-0.05, 0) is 77.8 Å². The molecule has 1 aliphatic carbocycles. The molecule has 1 saturated heterocycles. The molecule has 1 atom stereocenters. The van der Waals surface area contributed by atoms with E-state index in [0.29, 0.717) is 24.6 Å². The van der Waals surface area contributed by atoms with E-state index in [1.807, 2.05) is 12.1 Å². The third-order valence-electron chi connectivity index (χ3n) is 6.46. The van der Waals surface area contributed by atoms with E-state index in [0.717, 1.165) is 49.0 Å². The number of hydrogen-bond acceptors (Lipinski definition) is 4. The van der Waals surface area contributed by atoms with Gasteiger partial charge in [-0.25, -0.2) is 4.99 Å². The summed E-state index contributed by atoms with van der Waals surface area (Å²) in [5.74, 6) is 3.20. The molecule has 0 bridgehead atoms. The minimum absolute atomic E-state index is 0. The van der Waals surface area contributed by atoms with Crippen molar-refractivity contribution in [2.45, 2.75) is 78.0 Å². The highest BCUT2D eigenvalue weighted by Crippen LogP contribution is 2.35. The number of rotatable bonds is 9. The van der Waals surface area contributed by atoms with Gasteiger partial charge in [-0.3, -0.25) is 0 Å². The number of likely N-dealkylation sites (tertiary alicyclic amines) is 1. The van der Waals surface area contributed by atoms with E-state index in [1.165, 1.54) is 38.8 Å². The summed E-state index contributed by atoms with van der Waals surface area (Å²) in [5, 5.41) is 6.98. The average molecular weight is 559 g/mol. The van der Waals surface area contributed by atoms with Gasteiger partial charge in [0.15, 0.2) is 17.5 Å². The van der Waals surface area contributed by atoms with Crippen molar-refractivity contribution in [3.05, 3.63) is 23.8 Å². The van der Waals surface area contributed by atoms with Crippen LogP contribution in [0.25, 0.3) is 0 Å². The number of nitrogens with one attached hydrogen (secondary N) is 2. The predicted octanol–water partition coefficient (Wildman–Crippen LogP) is 4.81. The summed E-state index contributed by atoms with van der Waals surface area (Å²) < 4.78 is 12.0. The maximum Gasteiger partial charge on any atom is 0.191 e. The molecule has 3 rings (SSSR count). The first kappa shape index (κ1) is 27.0. The Labute approximate surface area is 211 Å². The van der Waals surface area contributed by atoms with Crippen LogP contribution in [-0.2, 0) is 6.54 Å². The smallest absolute Gasteiger partial charge is 0.191 e. The lowest BCUT2D eigenvalue weighted by molar-refractivity contribution is 0.141. The first-order valence-electron chi connectivity index (χ1n) is 12.2. The fourth-order valence-electron chi connectivity index (χ4n) is 4.63. The fraction of sp³-hybridized carbons (Fsp3) is 0.720. The summed E-state index contributed by atoms with van der Waals surface area (Å²) in [4.78, 5) is 7.46. The number of halogens is 1. The van der Waals surface area contributed by atoms with Gasteiger partial charge in [0.1, 0.15) is 0 Å². The first-order chi connectivity index (χ1) is 15.1. The maximum atomic E-state index is 6.37. The number of benzene rings is 1. The van der Waals surface area contributed by atoms with Crippen LogP contribution >= 0.6 is 24.0 Å². The van der Waals surface area contributed by atoms with Crippen molar-refractivity contribution in [3.63, 3.8) is 0 Å². The molecule has 6 nitrogen and oxygen atoms in total. The third-order valence-corrected chi connectivity index (χ3v) is 6.46. The van der Waals surface area contributed by atoms with Crippen LogP contribution in [0.3, 0.4) is 0 Å². The summed E-state index contributed by atoms with van der Waals surface area (Å²) in [6.45, 7) is 11.5. The molecule has 0 amide bonds.